The zero-order valence-electron chi connectivity index (χ0n) is 9.21. The maximum atomic E-state index is 11.2. The summed E-state index contributed by atoms with van der Waals surface area (Å²) < 4.78 is 4.91. The Morgan fingerprint density at radius 2 is 2.27 bits per heavy atom. The first kappa shape index (κ1) is 11.7. The fourth-order valence-corrected chi connectivity index (χ4v) is 1.74. The van der Waals surface area contributed by atoms with Crippen molar-refractivity contribution < 1.29 is 14.3 Å². The Balaban J connectivity index is 2.73. The third kappa shape index (κ3) is 3.35. The molecule has 0 amide bonds. The van der Waals surface area contributed by atoms with Crippen molar-refractivity contribution in [2.75, 3.05) is 6.61 Å². The molecule has 0 aromatic rings. The first-order valence-electron chi connectivity index (χ1n) is 5.02. The van der Waals surface area contributed by atoms with E-state index in [1.54, 1.807) is 6.08 Å². The van der Waals surface area contributed by atoms with Gasteiger partial charge >= 0.3 is 5.97 Å². The summed E-state index contributed by atoms with van der Waals surface area (Å²) in [6.07, 6.45) is 2.92. The second-order valence-electron chi connectivity index (χ2n) is 3.90. The maximum absolute atomic E-state index is 11.2. The first-order valence-corrected chi connectivity index (χ1v) is 5.02. The number of hydrogen-bond acceptors (Lipinski definition) is 3. The Morgan fingerprint density at radius 3 is 2.80 bits per heavy atom. The maximum Gasteiger partial charge on any atom is 0.302 e. The summed E-state index contributed by atoms with van der Waals surface area (Å²) in [4.78, 5) is 21.9. The van der Waals surface area contributed by atoms with Crippen molar-refractivity contribution in [3.63, 3.8) is 0 Å². The van der Waals surface area contributed by atoms with Gasteiger partial charge in [-0.1, -0.05) is 12.2 Å². The normalized spacial score (nSPS) is 20.8. The number of hydrogen-bond donors (Lipinski definition) is 0. The topological polar surface area (TPSA) is 43.4 Å². The van der Waals surface area contributed by atoms with E-state index in [1.165, 1.54) is 6.92 Å². The molecule has 0 saturated carbocycles. The number of esters is 1. The van der Waals surface area contributed by atoms with E-state index in [0.29, 0.717) is 6.42 Å². The van der Waals surface area contributed by atoms with E-state index in [-0.39, 0.29) is 24.3 Å². The van der Waals surface area contributed by atoms with E-state index in [2.05, 4.69) is 6.58 Å². The summed E-state index contributed by atoms with van der Waals surface area (Å²) in [5.41, 5.74) is 1.88. The van der Waals surface area contributed by atoms with Crippen molar-refractivity contribution in [1.29, 1.82) is 0 Å². The molecule has 0 bridgehead atoms. The van der Waals surface area contributed by atoms with E-state index < -0.39 is 0 Å². The van der Waals surface area contributed by atoms with Crippen molar-refractivity contribution in [3.8, 4) is 0 Å². The molecule has 3 heteroatoms. The molecule has 0 aromatic heterocycles. The zero-order valence-corrected chi connectivity index (χ0v) is 9.21. The number of rotatable bonds is 3. The summed E-state index contributed by atoms with van der Waals surface area (Å²) in [5.74, 6) is -0.0360. The molecule has 0 saturated heterocycles. The van der Waals surface area contributed by atoms with Crippen molar-refractivity contribution >= 4 is 11.8 Å². The van der Waals surface area contributed by atoms with Gasteiger partial charge in [-0.2, -0.15) is 0 Å². The molecule has 1 unspecified atom stereocenters. The van der Waals surface area contributed by atoms with Crippen LogP contribution in [-0.2, 0) is 14.3 Å². The van der Waals surface area contributed by atoms with Crippen LogP contribution in [-0.4, -0.2) is 18.4 Å². The molecule has 15 heavy (non-hydrogen) atoms. The molecular formula is C12H16O3. The monoisotopic (exact) mass is 208 g/mol. The van der Waals surface area contributed by atoms with Gasteiger partial charge in [-0.3, -0.25) is 9.59 Å². The average molecular weight is 208 g/mol. The number of ether oxygens (including phenoxy) is 1. The third-order valence-electron chi connectivity index (χ3n) is 2.51. The highest BCUT2D eigenvalue weighted by Gasteiger charge is 2.22. The molecule has 0 radical (unpaired) electrons. The fraction of sp³-hybridized carbons (Fsp3) is 0.500. The van der Waals surface area contributed by atoms with Gasteiger partial charge in [0.05, 0.1) is 0 Å². The van der Waals surface area contributed by atoms with Crippen LogP contribution in [0, 0.1) is 5.92 Å². The number of ketones is 1. The minimum absolute atomic E-state index is 0.106. The number of allylic oxidation sites excluding steroid dienone is 2. The van der Waals surface area contributed by atoms with Crippen molar-refractivity contribution in [3.05, 3.63) is 23.8 Å². The average Bonchev–Trinajstić information content (AvgIpc) is 2.14. The lowest BCUT2D eigenvalue weighted by Crippen LogP contribution is -2.19. The van der Waals surface area contributed by atoms with Crippen LogP contribution < -0.4 is 0 Å². The first-order chi connectivity index (χ1) is 7.00. The van der Waals surface area contributed by atoms with Gasteiger partial charge in [0.15, 0.2) is 5.78 Å². The predicted octanol–water partition coefficient (Wildman–Crippen LogP) is 2.03. The molecule has 1 aliphatic rings. The van der Waals surface area contributed by atoms with Gasteiger partial charge in [0.2, 0.25) is 0 Å². The van der Waals surface area contributed by atoms with E-state index in [1.807, 2.05) is 6.92 Å². The standard InChI is InChI=1S/C12H16O3/c1-8(2)12-5-4-11(14)6-10(12)7-15-9(3)13/h6,12H,1,4-5,7H2,2-3H3. The van der Waals surface area contributed by atoms with E-state index in [4.69, 9.17) is 4.74 Å². The van der Waals surface area contributed by atoms with Crippen molar-refractivity contribution in [2.24, 2.45) is 5.92 Å². The summed E-state index contributed by atoms with van der Waals surface area (Å²) in [6.45, 7) is 7.39. The molecule has 3 nitrogen and oxygen atoms in total. The second-order valence-corrected chi connectivity index (χ2v) is 3.90. The van der Waals surface area contributed by atoms with Crippen LogP contribution in [0.15, 0.2) is 23.8 Å². The summed E-state index contributed by atoms with van der Waals surface area (Å²) in [7, 11) is 0. The minimum Gasteiger partial charge on any atom is -0.461 e. The Kier molecular flexibility index (Phi) is 3.83. The SMILES string of the molecule is C=C(C)C1CCC(=O)C=C1COC(C)=O. The highest BCUT2D eigenvalue weighted by Crippen LogP contribution is 2.28. The third-order valence-corrected chi connectivity index (χ3v) is 2.51. The van der Waals surface area contributed by atoms with Crippen LogP contribution in [0.3, 0.4) is 0 Å². The fourth-order valence-electron chi connectivity index (χ4n) is 1.74. The molecule has 0 heterocycles. The largest absolute Gasteiger partial charge is 0.461 e. The Morgan fingerprint density at radius 1 is 1.60 bits per heavy atom. The molecule has 0 N–H and O–H groups in total. The molecule has 0 aromatic carbocycles. The van der Waals surface area contributed by atoms with Gasteiger partial charge in [0.1, 0.15) is 6.61 Å². The quantitative estimate of drug-likeness (QED) is 0.526. The highest BCUT2D eigenvalue weighted by atomic mass is 16.5. The summed E-state index contributed by atoms with van der Waals surface area (Å²) in [5, 5.41) is 0. The molecule has 0 aliphatic heterocycles. The highest BCUT2D eigenvalue weighted by molar-refractivity contribution is 5.91. The van der Waals surface area contributed by atoms with Crippen LogP contribution >= 0.6 is 0 Å². The van der Waals surface area contributed by atoms with Gasteiger partial charge in [0.25, 0.3) is 0 Å². The molecule has 1 aliphatic carbocycles. The lowest BCUT2D eigenvalue weighted by atomic mass is 9.83. The van der Waals surface area contributed by atoms with Gasteiger partial charge in [-0.15, -0.1) is 0 Å². The lowest BCUT2D eigenvalue weighted by Gasteiger charge is -2.23. The van der Waals surface area contributed by atoms with E-state index in [0.717, 1.165) is 17.6 Å². The molecular weight excluding hydrogens is 192 g/mol. The Labute approximate surface area is 89.8 Å². The lowest BCUT2D eigenvalue weighted by molar-refractivity contribution is -0.140. The van der Waals surface area contributed by atoms with Crippen LogP contribution in [0.5, 0.6) is 0 Å². The Hall–Kier alpha value is -1.38. The molecule has 0 fully saturated rings. The minimum atomic E-state index is -0.325. The molecule has 82 valence electrons. The summed E-state index contributed by atoms with van der Waals surface area (Å²) >= 11 is 0. The van der Waals surface area contributed by atoms with Crippen LogP contribution in [0.25, 0.3) is 0 Å². The van der Waals surface area contributed by atoms with Crippen LogP contribution in [0.2, 0.25) is 0 Å². The van der Waals surface area contributed by atoms with Crippen molar-refractivity contribution in [2.45, 2.75) is 26.7 Å². The van der Waals surface area contributed by atoms with E-state index >= 15 is 0 Å². The predicted molar refractivity (Wildman–Crippen MR) is 57.3 cm³/mol. The van der Waals surface area contributed by atoms with Gasteiger partial charge in [-0.25, -0.2) is 0 Å². The van der Waals surface area contributed by atoms with Crippen molar-refractivity contribution in [1.82, 2.24) is 0 Å². The number of carbonyl (C=O) groups excluding carboxylic acids is 2. The van der Waals surface area contributed by atoms with Gasteiger partial charge in [-0.05, 0) is 25.0 Å². The van der Waals surface area contributed by atoms with Gasteiger partial charge in [0, 0.05) is 19.3 Å². The molecule has 1 atom stereocenters. The molecule has 1 rings (SSSR count). The van der Waals surface area contributed by atoms with Crippen LogP contribution in [0.4, 0.5) is 0 Å². The number of carbonyl (C=O) groups is 2. The molecule has 0 spiro atoms. The van der Waals surface area contributed by atoms with Gasteiger partial charge < -0.3 is 4.74 Å². The smallest absolute Gasteiger partial charge is 0.302 e. The second kappa shape index (κ2) is 4.91. The Bertz CT molecular complexity index is 326. The summed E-state index contributed by atoms with van der Waals surface area (Å²) in [6, 6.07) is 0. The zero-order chi connectivity index (χ0) is 11.4. The van der Waals surface area contributed by atoms with E-state index in [9.17, 15) is 9.59 Å². The van der Waals surface area contributed by atoms with Crippen LogP contribution in [0.1, 0.15) is 26.7 Å².